The van der Waals surface area contributed by atoms with E-state index in [1.165, 1.54) is 0 Å². The number of nitrogens with one attached hydrogen (secondary N) is 1. The van der Waals surface area contributed by atoms with Gasteiger partial charge in [-0.25, -0.2) is 0 Å². The second-order valence-corrected chi connectivity index (χ2v) is 4.84. The summed E-state index contributed by atoms with van der Waals surface area (Å²) in [6.07, 6.45) is 0.690. The SMILES string of the molecule is CC(C)CC(=O)NCCC(=O)OCc1ccccc1. The van der Waals surface area contributed by atoms with E-state index in [0.29, 0.717) is 18.9 Å². The van der Waals surface area contributed by atoms with Crippen LogP contribution in [0.1, 0.15) is 32.3 Å². The molecule has 4 heteroatoms. The lowest BCUT2D eigenvalue weighted by atomic mass is 10.1. The molecule has 1 rings (SSSR count). The number of esters is 1. The summed E-state index contributed by atoms with van der Waals surface area (Å²) in [6, 6.07) is 9.51. The third-order valence-corrected chi connectivity index (χ3v) is 2.49. The Labute approximate surface area is 114 Å². The molecule has 104 valence electrons. The summed E-state index contributed by atoms with van der Waals surface area (Å²) in [7, 11) is 0. The van der Waals surface area contributed by atoms with E-state index < -0.39 is 0 Å². The van der Waals surface area contributed by atoms with Gasteiger partial charge in [0.05, 0.1) is 6.42 Å². The molecule has 1 N–H and O–H groups in total. The van der Waals surface area contributed by atoms with Crippen LogP contribution in [0.4, 0.5) is 0 Å². The van der Waals surface area contributed by atoms with Crippen LogP contribution in [0.2, 0.25) is 0 Å². The molecule has 0 unspecified atom stereocenters. The van der Waals surface area contributed by atoms with Crippen molar-refractivity contribution in [3.63, 3.8) is 0 Å². The summed E-state index contributed by atoms with van der Waals surface area (Å²) in [5, 5.41) is 2.70. The highest BCUT2D eigenvalue weighted by molar-refractivity contribution is 5.77. The van der Waals surface area contributed by atoms with Crippen LogP contribution < -0.4 is 5.32 Å². The average molecular weight is 263 g/mol. The van der Waals surface area contributed by atoms with Crippen molar-refractivity contribution in [2.45, 2.75) is 33.3 Å². The smallest absolute Gasteiger partial charge is 0.307 e. The first-order valence-corrected chi connectivity index (χ1v) is 6.54. The molecule has 0 saturated heterocycles. The molecule has 0 fully saturated rings. The maximum Gasteiger partial charge on any atom is 0.307 e. The van der Waals surface area contributed by atoms with Crippen LogP contribution in [-0.4, -0.2) is 18.4 Å². The third-order valence-electron chi connectivity index (χ3n) is 2.49. The minimum Gasteiger partial charge on any atom is -0.461 e. The van der Waals surface area contributed by atoms with Gasteiger partial charge >= 0.3 is 5.97 Å². The van der Waals surface area contributed by atoms with Crippen molar-refractivity contribution in [1.82, 2.24) is 5.32 Å². The van der Waals surface area contributed by atoms with Gasteiger partial charge in [-0.3, -0.25) is 9.59 Å². The fraction of sp³-hybridized carbons (Fsp3) is 0.467. The topological polar surface area (TPSA) is 55.4 Å². The van der Waals surface area contributed by atoms with E-state index in [0.717, 1.165) is 5.56 Å². The van der Waals surface area contributed by atoms with Crippen LogP contribution in [0.5, 0.6) is 0 Å². The summed E-state index contributed by atoms with van der Waals surface area (Å²) >= 11 is 0. The zero-order chi connectivity index (χ0) is 14.1. The first-order chi connectivity index (χ1) is 9.08. The van der Waals surface area contributed by atoms with E-state index >= 15 is 0 Å². The Bertz CT molecular complexity index is 401. The Morgan fingerprint density at radius 2 is 1.89 bits per heavy atom. The van der Waals surface area contributed by atoms with Crippen molar-refractivity contribution in [2.75, 3.05) is 6.54 Å². The number of carbonyl (C=O) groups excluding carboxylic acids is 2. The van der Waals surface area contributed by atoms with Gasteiger partial charge in [0.25, 0.3) is 0 Å². The standard InChI is InChI=1S/C15H21NO3/c1-12(2)10-14(17)16-9-8-15(18)19-11-13-6-4-3-5-7-13/h3-7,12H,8-11H2,1-2H3,(H,16,17). The highest BCUT2D eigenvalue weighted by atomic mass is 16.5. The molecule has 0 heterocycles. The van der Waals surface area contributed by atoms with Gasteiger partial charge < -0.3 is 10.1 Å². The number of carbonyl (C=O) groups is 2. The molecule has 0 aromatic heterocycles. The van der Waals surface area contributed by atoms with E-state index in [-0.39, 0.29) is 24.9 Å². The molecule has 0 atom stereocenters. The molecule has 1 amide bonds. The number of hydrogen-bond acceptors (Lipinski definition) is 3. The summed E-state index contributed by atoms with van der Waals surface area (Å²) < 4.78 is 5.10. The molecule has 1 aromatic carbocycles. The summed E-state index contributed by atoms with van der Waals surface area (Å²) in [6.45, 7) is 4.57. The van der Waals surface area contributed by atoms with Crippen LogP contribution in [0.3, 0.4) is 0 Å². The lowest BCUT2D eigenvalue weighted by Crippen LogP contribution is -2.27. The second-order valence-electron chi connectivity index (χ2n) is 4.84. The molecular formula is C15H21NO3. The molecule has 0 aliphatic heterocycles. The number of hydrogen-bond donors (Lipinski definition) is 1. The minimum atomic E-state index is -0.297. The minimum absolute atomic E-state index is 0.0224. The maximum absolute atomic E-state index is 11.4. The molecular weight excluding hydrogens is 242 g/mol. The zero-order valence-corrected chi connectivity index (χ0v) is 11.5. The van der Waals surface area contributed by atoms with Gasteiger partial charge in [0, 0.05) is 13.0 Å². The molecule has 0 spiro atoms. The molecule has 0 aliphatic carbocycles. The van der Waals surface area contributed by atoms with Crippen molar-refractivity contribution in [3.05, 3.63) is 35.9 Å². The molecule has 1 aromatic rings. The van der Waals surface area contributed by atoms with Gasteiger partial charge in [0.1, 0.15) is 6.61 Å². The van der Waals surface area contributed by atoms with Crippen LogP contribution in [0.15, 0.2) is 30.3 Å². The van der Waals surface area contributed by atoms with Gasteiger partial charge in [0.2, 0.25) is 5.91 Å². The van der Waals surface area contributed by atoms with Crippen molar-refractivity contribution in [2.24, 2.45) is 5.92 Å². The fourth-order valence-electron chi connectivity index (χ4n) is 1.56. The Morgan fingerprint density at radius 3 is 2.53 bits per heavy atom. The van der Waals surface area contributed by atoms with E-state index in [2.05, 4.69) is 5.32 Å². The highest BCUT2D eigenvalue weighted by Gasteiger charge is 2.07. The van der Waals surface area contributed by atoms with E-state index in [1.54, 1.807) is 0 Å². The van der Waals surface area contributed by atoms with Gasteiger partial charge in [-0.05, 0) is 11.5 Å². The van der Waals surface area contributed by atoms with Gasteiger partial charge in [0.15, 0.2) is 0 Å². The Balaban J connectivity index is 2.13. The first kappa shape index (κ1) is 15.2. The van der Waals surface area contributed by atoms with E-state index in [9.17, 15) is 9.59 Å². The van der Waals surface area contributed by atoms with E-state index in [4.69, 9.17) is 4.74 Å². The van der Waals surface area contributed by atoms with Gasteiger partial charge in [-0.2, -0.15) is 0 Å². The van der Waals surface area contributed by atoms with Crippen LogP contribution in [-0.2, 0) is 20.9 Å². The van der Waals surface area contributed by atoms with Crippen LogP contribution >= 0.6 is 0 Å². The quantitative estimate of drug-likeness (QED) is 0.768. The average Bonchev–Trinajstić information content (AvgIpc) is 2.36. The second kappa shape index (κ2) is 8.29. The van der Waals surface area contributed by atoms with E-state index in [1.807, 2.05) is 44.2 Å². The molecule has 0 saturated carbocycles. The van der Waals surface area contributed by atoms with Crippen molar-refractivity contribution in [3.8, 4) is 0 Å². The molecule has 0 radical (unpaired) electrons. The Kier molecular flexibility index (Phi) is 6.64. The maximum atomic E-state index is 11.4. The summed E-state index contributed by atoms with van der Waals surface area (Å²) in [5.41, 5.74) is 0.958. The number of rotatable bonds is 7. The lowest BCUT2D eigenvalue weighted by Gasteiger charge is -2.07. The predicted molar refractivity (Wildman–Crippen MR) is 73.3 cm³/mol. The van der Waals surface area contributed by atoms with Crippen molar-refractivity contribution < 1.29 is 14.3 Å². The first-order valence-electron chi connectivity index (χ1n) is 6.54. The summed E-state index contributed by atoms with van der Waals surface area (Å²) in [4.78, 5) is 22.8. The highest BCUT2D eigenvalue weighted by Crippen LogP contribution is 2.01. The van der Waals surface area contributed by atoms with Crippen LogP contribution in [0.25, 0.3) is 0 Å². The van der Waals surface area contributed by atoms with Gasteiger partial charge in [-0.1, -0.05) is 44.2 Å². The number of ether oxygens (including phenoxy) is 1. The molecule has 19 heavy (non-hydrogen) atoms. The van der Waals surface area contributed by atoms with Crippen molar-refractivity contribution in [1.29, 1.82) is 0 Å². The molecule has 4 nitrogen and oxygen atoms in total. The van der Waals surface area contributed by atoms with Gasteiger partial charge in [-0.15, -0.1) is 0 Å². The normalized spacial score (nSPS) is 10.3. The zero-order valence-electron chi connectivity index (χ0n) is 11.5. The number of benzene rings is 1. The molecule has 0 aliphatic rings. The lowest BCUT2D eigenvalue weighted by molar-refractivity contribution is -0.144. The van der Waals surface area contributed by atoms with Crippen molar-refractivity contribution >= 4 is 11.9 Å². The molecule has 0 bridgehead atoms. The largest absolute Gasteiger partial charge is 0.461 e. The fourth-order valence-corrected chi connectivity index (χ4v) is 1.56. The predicted octanol–water partition coefficient (Wildman–Crippen LogP) is 2.28. The number of amides is 1. The Morgan fingerprint density at radius 1 is 1.21 bits per heavy atom. The third kappa shape index (κ3) is 7.24. The summed E-state index contributed by atoms with van der Waals surface area (Å²) in [5.74, 6) is 0.00425. The Hall–Kier alpha value is -1.84. The van der Waals surface area contributed by atoms with Crippen LogP contribution in [0, 0.1) is 5.92 Å². The monoisotopic (exact) mass is 263 g/mol.